The van der Waals surface area contributed by atoms with E-state index in [1.54, 1.807) is 12.1 Å². The Kier molecular flexibility index (Phi) is 12.0. The van der Waals surface area contributed by atoms with E-state index in [0.717, 1.165) is 0 Å². The molecule has 0 aliphatic heterocycles. The van der Waals surface area contributed by atoms with Crippen LogP contribution in [0, 0.1) is 0 Å². The molecular weight excluding hydrogens is 432 g/mol. The number of hydrogen-bond acceptors (Lipinski definition) is 7. The van der Waals surface area contributed by atoms with Crippen LogP contribution in [-0.2, 0) is 14.4 Å². The molecule has 0 fully saturated rings. The number of carbonyl (C=O) groups excluding carboxylic acids is 4. The summed E-state index contributed by atoms with van der Waals surface area (Å²) in [6.45, 7) is 2.11. The number of unbranched alkanes of at least 4 members (excludes halogenated alkanes) is 1. The minimum Gasteiger partial charge on any atom is -0.459 e. The third kappa shape index (κ3) is 11.0. The number of carbonyl (C=O) groups is 4. The maximum absolute atomic E-state index is 12.7. The van der Waals surface area contributed by atoms with Gasteiger partial charge in [-0.3, -0.25) is 24.2 Å². The van der Waals surface area contributed by atoms with Crippen LogP contribution in [0.1, 0.15) is 49.6 Å². The molecule has 0 radical (unpaired) electrons. The normalized spacial score (nSPS) is 13.3. The SMILES string of the molecule is C[C@H](N)C(=O)N[C@@H](CCCN=C(N)N)C(=O)N[C@@H](CCCCNC(=O)c1ccco1)C(N)=O. The van der Waals surface area contributed by atoms with Gasteiger partial charge in [0.05, 0.1) is 12.3 Å². The van der Waals surface area contributed by atoms with Gasteiger partial charge in [0.1, 0.15) is 12.1 Å². The molecule has 1 aromatic rings. The largest absolute Gasteiger partial charge is 0.459 e. The number of amides is 4. The Bertz CT molecular complexity index is 805. The average Bonchev–Trinajstić information content (AvgIpc) is 3.29. The van der Waals surface area contributed by atoms with E-state index in [-0.39, 0.29) is 37.0 Å². The Morgan fingerprint density at radius 3 is 2.24 bits per heavy atom. The topological polar surface area (TPSA) is 234 Å². The number of hydrogen-bond donors (Lipinski definition) is 7. The van der Waals surface area contributed by atoms with Gasteiger partial charge in [0.15, 0.2) is 11.7 Å². The maximum Gasteiger partial charge on any atom is 0.286 e. The van der Waals surface area contributed by atoms with Gasteiger partial charge in [-0.15, -0.1) is 0 Å². The molecule has 184 valence electrons. The third-order valence-corrected chi connectivity index (χ3v) is 4.60. The van der Waals surface area contributed by atoms with Crippen molar-refractivity contribution in [3.63, 3.8) is 0 Å². The van der Waals surface area contributed by atoms with Gasteiger partial charge in [-0.2, -0.15) is 0 Å². The highest BCUT2D eigenvalue weighted by molar-refractivity contribution is 5.92. The molecule has 1 rings (SSSR count). The fourth-order valence-electron chi connectivity index (χ4n) is 2.80. The van der Waals surface area contributed by atoms with E-state index >= 15 is 0 Å². The Morgan fingerprint density at radius 1 is 1.00 bits per heavy atom. The zero-order valence-corrected chi connectivity index (χ0v) is 18.7. The number of nitrogens with two attached hydrogens (primary N) is 4. The summed E-state index contributed by atoms with van der Waals surface area (Å²) < 4.78 is 5.00. The molecule has 0 bridgehead atoms. The molecule has 1 heterocycles. The van der Waals surface area contributed by atoms with Gasteiger partial charge in [-0.1, -0.05) is 0 Å². The molecule has 13 heteroatoms. The van der Waals surface area contributed by atoms with Crippen molar-refractivity contribution in [2.75, 3.05) is 13.1 Å². The van der Waals surface area contributed by atoms with Crippen molar-refractivity contribution in [3.05, 3.63) is 24.2 Å². The lowest BCUT2D eigenvalue weighted by Crippen LogP contribution is -2.54. The van der Waals surface area contributed by atoms with Crippen LogP contribution in [-0.4, -0.2) is 60.8 Å². The molecule has 0 spiro atoms. The molecule has 13 nitrogen and oxygen atoms in total. The van der Waals surface area contributed by atoms with Gasteiger partial charge in [0.2, 0.25) is 17.7 Å². The summed E-state index contributed by atoms with van der Waals surface area (Å²) in [5.41, 5.74) is 21.6. The van der Waals surface area contributed by atoms with E-state index in [1.807, 2.05) is 0 Å². The molecule has 33 heavy (non-hydrogen) atoms. The van der Waals surface area contributed by atoms with Crippen molar-refractivity contribution < 1.29 is 23.6 Å². The van der Waals surface area contributed by atoms with Gasteiger partial charge in [-0.05, 0) is 51.2 Å². The first kappa shape index (κ1) is 27.4. The lowest BCUT2D eigenvalue weighted by Gasteiger charge is -2.22. The predicted molar refractivity (Wildman–Crippen MR) is 122 cm³/mol. The fraction of sp³-hybridized carbons (Fsp3) is 0.550. The van der Waals surface area contributed by atoms with Crippen molar-refractivity contribution in [1.82, 2.24) is 16.0 Å². The van der Waals surface area contributed by atoms with E-state index in [0.29, 0.717) is 25.8 Å². The minimum absolute atomic E-state index is 0.0789. The van der Waals surface area contributed by atoms with E-state index < -0.39 is 35.8 Å². The van der Waals surface area contributed by atoms with Gasteiger partial charge >= 0.3 is 0 Å². The van der Waals surface area contributed by atoms with Gasteiger partial charge in [0, 0.05) is 13.1 Å². The summed E-state index contributed by atoms with van der Waals surface area (Å²) in [6.07, 6.45) is 3.36. The molecule has 0 unspecified atom stereocenters. The molecule has 0 aliphatic rings. The highest BCUT2D eigenvalue weighted by atomic mass is 16.3. The van der Waals surface area contributed by atoms with Crippen LogP contribution in [0.5, 0.6) is 0 Å². The van der Waals surface area contributed by atoms with Crippen LogP contribution in [0.2, 0.25) is 0 Å². The quantitative estimate of drug-likeness (QED) is 0.0868. The number of furan rings is 1. The number of rotatable bonds is 15. The minimum atomic E-state index is -0.939. The Hall–Kier alpha value is -3.61. The molecule has 0 aliphatic carbocycles. The van der Waals surface area contributed by atoms with Gasteiger partial charge < -0.3 is 43.3 Å². The first-order valence-electron chi connectivity index (χ1n) is 10.6. The van der Waals surface area contributed by atoms with Gasteiger partial charge in [-0.25, -0.2) is 0 Å². The molecule has 11 N–H and O–H groups in total. The maximum atomic E-state index is 12.7. The zero-order chi connectivity index (χ0) is 24.8. The van der Waals surface area contributed by atoms with Crippen LogP contribution >= 0.6 is 0 Å². The highest BCUT2D eigenvalue weighted by Crippen LogP contribution is 2.05. The van der Waals surface area contributed by atoms with Crippen molar-refractivity contribution in [2.45, 2.75) is 57.2 Å². The summed E-state index contributed by atoms with van der Waals surface area (Å²) in [4.78, 5) is 52.2. The fourth-order valence-corrected chi connectivity index (χ4v) is 2.80. The van der Waals surface area contributed by atoms with Crippen LogP contribution in [0.15, 0.2) is 27.8 Å². The molecule has 4 amide bonds. The van der Waals surface area contributed by atoms with Crippen molar-refractivity contribution in [1.29, 1.82) is 0 Å². The number of guanidine groups is 1. The second kappa shape index (κ2) is 14.5. The van der Waals surface area contributed by atoms with Crippen LogP contribution in [0.3, 0.4) is 0 Å². The number of aliphatic imine (C=N–C) groups is 1. The smallest absolute Gasteiger partial charge is 0.286 e. The monoisotopic (exact) mass is 466 g/mol. The molecule has 0 aromatic carbocycles. The van der Waals surface area contributed by atoms with E-state index in [4.69, 9.17) is 27.4 Å². The molecular formula is C20H34N8O5. The first-order valence-corrected chi connectivity index (χ1v) is 10.6. The van der Waals surface area contributed by atoms with Gasteiger partial charge in [0.25, 0.3) is 5.91 Å². The summed E-state index contributed by atoms with van der Waals surface area (Å²) >= 11 is 0. The average molecular weight is 467 g/mol. The Balaban J connectivity index is 2.56. The lowest BCUT2D eigenvalue weighted by molar-refractivity contribution is -0.131. The molecule has 0 saturated heterocycles. The van der Waals surface area contributed by atoms with Crippen LogP contribution in [0.25, 0.3) is 0 Å². The lowest BCUT2D eigenvalue weighted by atomic mass is 10.1. The molecule has 3 atom stereocenters. The van der Waals surface area contributed by atoms with E-state index in [2.05, 4.69) is 20.9 Å². The van der Waals surface area contributed by atoms with Crippen molar-refractivity contribution in [3.8, 4) is 0 Å². The van der Waals surface area contributed by atoms with E-state index in [9.17, 15) is 19.2 Å². The summed E-state index contributed by atoms with van der Waals surface area (Å²) in [7, 11) is 0. The second-order valence-corrected chi connectivity index (χ2v) is 7.49. The summed E-state index contributed by atoms with van der Waals surface area (Å²) in [5, 5.41) is 7.82. The van der Waals surface area contributed by atoms with Crippen LogP contribution in [0.4, 0.5) is 0 Å². The zero-order valence-electron chi connectivity index (χ0n) is 18.7. The number of primary amides is 1. The second-order valence-electron chi connectivity index (χ2n) is 7.49. The number of nitrogens with one attached hydrogen (secondary N) is 3. The molecule has 1 aromatic heterocycles. The van der Waals surface area contributed by atoms with Crippen LogP contribution < -0.4 is 38.9 Å². The predicted octanol–water partition coefficient (Wildman–Crippen LogP) is -1.96. The summed E-state index contributed by atoms with van der Waals surface area (Å²) in [5.74, 6) is -2.00. The number of nitrogens with zero attached hydrogens (tertiary/aromatic N) is 1. The summed E-state index contributed by atoms with van der Waals surface area (Å²) in [6, 6.07) is 0.463. The van der Waals surface area contributed by atoms with Crippen molar-refractivity contribution in [2.24, 2.45) is 27.9 Å². The molecule has 0 saturated carbocycles. The third-order valence-electron chi connectivity index (χ3n) is 4.60. The standard InChI is InChI=1S/C20H34N8O5/c1-12(21)17(30)28-14(7-4-10-26-20(23)24)18(31)27-13(16(22)29)6-2-3-9-25-19(32)15-8-5-11-33-15/h5,8,11-14H,2-4,6-7,9-10,21H2,1H3,(H2,22,29)(H,25,32)(H,27,31)(H,28,30)(H4,23,24,26)/t12-,13-,14-/m0/s1. The first-order chi connectivity index (χ1) is 15.6. The van der Waals surface area contributed by atoms with E-state index in [1.165, 1.54) is 13.2 Å². The Morgan fingerprint density at radius 2 is 1.67 bits per heavy atom. The van der Waals surface area contributed by atoms with Crippen molar-refractivity contribution >= 4 is 29.6 Å². The Labute approximate surface area is 192 Å². The highest BCUT2D eigenvalue weighted by Gasteiger charge is 2.26.